The molecule has 2 aliphatic rings. The largest absolute Gasteiger partial charge is 0.370 e. The molecule has 3 rings (SSSR count). The summed E-state index contributed by atoms with van der Waals surface area (Å²) in [6.07, 6.45) is 1.82. The zero-order valence-electron chi connectivity index (χ0n) is 13.2. The summed E-state index contributed by atoms with van der Waals surface area (Å²) >= 11 is 0. The molecule has 7 heteroatoms. The van der Waals surface area contributed by atoms with Crippen molar-refractivity contribution in [1.82, 2.24) is 9.80 Å². The molecular formula is C16H21N3O4. The normalized spacial score (nSPS) is 25.5. The lowest BCUT2D eigenvalue weighted by molar-refractivity contribution is -0.384. The fourth-order valence-corrected chi connectivity index (χ4v) is 3.49. The SMILES string of the molecule is CN1CCO[C@]2(CCCN(C(=O)c3cccc([N+](=O)[O-])c3)C2)C1. The first-order valence-corrected chi connectivity index (χ1v) is 7.85. The van der Waals surface area contributed by atoms with Crippen LogP contribution in [0.2, 0.25) is 0 Å². The van der Waals surface area contributed by atoms with Gasteiger partial charge in [0.15, 0.2) is 0 Å². The van der Waals surface area contributed by atoms with Gasteiger partial charge in [-0.15, -0.1) is 0 Å². The summed E-state index contributed by atoms with van der Waals surface area (Å²) in [5.74, 6) is -0.162. The highest BCUT2D eigenvalue weighted by molar-refractivity contribution is 5.95. The molecule has 1 aromatic rings. The first-order chi connectivity index (χ1) is 11.0. The van der Waals surface area contributed by atoms with Crippen LogP contribution in [-0.2, 0) is 4.74 Å². The second-order valence-corrected chi connectivity index (χ2v) is 6.41. The summed E-state index contributed by atoms with van der Waals surface area (Å²) in [5, 5.41) is 10.9. The second kappa shape index (κ2) is 6.25. The van der Waals surface area contributed by atoms with E-state index in [-0.39, 0.29) is 17.2 Å². The lowest BCUT2D eigenvalue weighted by atomic mass is 9.90. The number of rotatable bonds is 2. The van der Waals surface area contributed by atoms with Crippen LogP contribution in [-0.4, -0.2) is 66.1 Å². The maximum atomic E-state index is 12.7. The first-order valence-electron chi connectivity index (χ1n) is 7.85. The van der Waals surface area contributed by atoms with Crippen molar-refractivity contribution in [2.75, 3.05) is 39.8 Å². The van der Waals surface area contributed by atoms with Gasteiger partial charge in [-0.25, -0.2) is 0 Å². The molecule has 0 N–H and O–H groups in total. The number of hydrogen-bond acceptors (Lipinski definition) is 5. The van der Waals surface area contributed by atoms with E-state index in [2.05, 4.69) is 11.9 Å². The predicted octanol–water partition coefficient (Wildman–Crippen LogP) is 1.53. The second-order valence-electron chi connectivity index (χ2n) is 6.41. The minimum absolute atomic E-state index is 0.0591. The molecule has 0 aliphatic carbocycles. The molecule has 2 aliphatic heterocycles. The van der Waals surface area contributed by atoms with Crippen molar-refractivity contribution in [3.8, 4) is 0 Å². The number of carbonyl (C=O) groups excluding carboxylic acids is 1. The Labute approximate surface area is 135 Å². The Morgan fingerprint density at radius 3 is 2.91 bits per heavy atom. The third-order valence-corrected chi connectivity index (χ3v) is 4.57. The van der Waals surface area contributed by atoms with Crippen LogP contribution in [0.5, 0.6) is 0 Å². The number of morpholine rings is 1. The average molecular weight is 319 g/mol. The van der Waals surface area contributed by atoms with Gasteiger partial charge in [-0.2, -0.15) is 0 Å². The summed E-state index contributed by atoms with van der Waals surface area (Å²) in [4.78, 5) is 27.1. The Morgan fingerprint density at radius 1 is 1.35 bits per heavy atom. The van der Waals surface area contributed by atoms with Crippen LogP contribution in [0.15, 0.2) is 24.3 Å². The maximum Gasteiger partial charge on any atom is 0.270 e. The molecule has 7 nitrogen and oxygen atoms in total. The summed E-state index contributed by atoms with van der Waals surface area (Å²) in [5.41, 5.74) is -0.00150. The minimum Gasteiger partial charge on any atom is -0.370 e. The van der Waals surface area contributed by atoms with Gasteiger partial charge in [0.1, 0.15) is 0 Å². The van der Waals surface area contributed by atoms with Gasteiger partial charge < -0.3 is 14.5 Å². The van der Waals surface area contributed by atoms with Crippen molar-refractivity contribution in [2.24, 2.45) is 0 Å². The molecule has 2 heterocycles. The van der Waals surface area contributed by atoms with Crippen LogP contribution in [0.25, 0.3) is 0 Å². The topological polar surface area (TPSA) is 75.9 Å². The highest BCUT2D eigenvalue weighted by Crippen LogP contribution is 2.29. The Bertz CT molecular complexity index is 617. The molecule has 1 aromatic carbocycles. The highest BCUT2D eigenvalue weighted by Gasteiger charge is 2.41. The number of likely N-dealkylation sites (N-methyl/N-ethyl adjacent to an activating group) is 1. The van der Waals surface area contributed by atoms with Gasteiger partial charge in [-0.05, 0) is 26.0 Å². The zero-order chi connectivity index (χ0) is 16.4. The van der Waals surface area contributed by atoms with Crippen molar-refractivity contribution in [3.63, 3.8) is 0 Å². The number of likely N-dealkylation sites (tertiary alicyclic amines) is 1. The van der Waals surface area contributed by atoms with Gasteiger partial charge in [0.2, 0.25) is 0 Å². The van der Waals surface area contributed by atoms with E-state index >= 15 is 0 Å². The highest BCUT2D eigenvalue weighted by atomic mass is 16.6. The molecule has 2 saturated heterocycles. The predicted molar refractivity (Wildman–Crippen MR) is 84.4 cm³/mol. The first kappa shape index (κ1) is 15.9. The number of hydrogen-bond donors (Lipinski definition) is 0. The number of benzene rings is 1. The monoisotopic (exact) mass is 319 g/mol. The Morgan fingerprint density at radius 2 is 2.17 bits per heavy atom. The third-order valence-electron chi connectivity index (χ3n) is 4.57. The summed E-state index contributed by atoms with van der Waals surface area (Å²) in [6.45, 7) is 3.59. The van der Waals surface area contributed by atoms with Gasteiger partial charge in [0.05, 0.1) is 23.7 Å². The molecule has 0 aromatic heterocycles. The number of nitro groups is 1. The molecule has 2 fully saturated rings. The van der Waals surface area contributed by atoms with Gasteiger partial charge >= 0.3 is 0 Å². The molecule has 23 heavy (non-hydrogen) atoms. The van der Waals surface area contributed by atoms with Crippen LogP contribution < -0.4 is 0 Å². The maximum absolute atomic E-state index is 12.7. The minimum atomic E-state index is -0.478. The number of carbonyl (C=O) groups is 1. The number of amides is 1. The number of piperidine rings is 1. The van der Waals surface area contributed by atoms with Crippen LogP contribution in [0.3, 0.4) is 0 Å². The van der Waals surface area contributed by atoms with Crippen LogP contribution in [0.4, 0.5) is 5.69 Å². The fourth-order valence-electron chi connectivity index (χ4n) is 3.49. The number of nitro benzene ring substituents is 1. The molecular weight excluding hydrogens is 298 g/mol. The Hall–Kier alpha value is -1.99. The number of non-ortho nitro benzene ring substituents is 1. The Kier molecular flexibility index (Phi) is 4.32. The van der Waals surface area contributed by atoms with Crippen LogP contribution in [0, 0.1) is 10.1 Å². The molecule has 0 radical (unpaired) electrons. The molecule has 1 atom stereocenters. The van der Waals surface area contributed by atoms with Crippen molar-refractivity contribution in [2.45, 2.75) is 18.4 Å². The smallest absolute Gasteiger partial charge is 0.270 e. The number of nitrogens with zero attached hydrogens (tertiary/aromatic N) is 3. The molecule has 0 saturated carbocycles. The van der Waals surface area contributed by atoms with E-state index in [1.54, 1.807) is 17.0 Å². The van der Waals surface area contributed by atoms with Gasteiger partial charge in [0.25, 0.3) is 11.6 Å². The van der Waals surface area contributed by atoms with Gasteiger partial charge in [-0.3, -0.25) is 14.9 Å². The molecule has 0 bridgehead atoms. The van der Waals surface area contributed by atoms with Crippen LogP contribution in [0.1, 0.15) is 23.2 Å². The number of ether oxygens (including phenoxy) is 1. The van der Waals surface area contributed by atoms with E-state index < -0.39 is 4.92 Å². The van der Waals surface area contributed by atoms with Crippen molar-refractivity contribution in [3.05, 3.63) is 39.9 Å². The van der Waals surface area contributed by atoms with E-state index in [1.807, 2.05) is 0 Å². The van der Waals surface area contributed by atoms with Gasteiger partial charge in [-0.1, -0.05) is 6.07 Å². The molecule has 0 unspecified atom stereocenters. The van der Waals surface area contributed by atoms with Crippen molar-refractivity contribution in [1.29, 1.82) is 0 Å². The zero-order valence-corrected chi connectivity index (χ0v) is 13.2. The molecule has 1 spiro atoms. The lowest BCUT2D eigenvalue weighted by Crippen LogP contribution is -2.59. The lowest BCUT2D eigenvalue weighted by Gasteiger charge is -2.47. The quantitative estimate of drug-likeness (QED) is 0.610. The van der Waals surface area contributed by atoms with Crippen molar-refractivity contribution < 1.29 is 14.5 Å². The molecule has 1 amide bonds. The summed E-state index contributed by atoms with van der Waals surface area (Å²) in [6, 6.07) is 5.92. The van der Waals surface area contributed by atoms with E-state index in [0.717, 1.165) is 25.9 Å². The van der Waals surface area contributed by atoms with Gasteiger partial charge in [0, 0.05) is 37.3 Å². The van der Waals surface area contributed by atoms with E-state index in [0.29, 0.717) is 25.3 Å². The molecule has 124 valence electrons. The average Bonchev–Trinajstić information content (AvgIpc) is 2.54. The van der Waals surface area contributed by atoms with Crippen molar-refractivity contribution >= 4 is 11.6 Å². The fraction of sp³-hybridized carbons (Fsp3) is 0.562. The van der Waals surface area contributed by atoms with E-state index in [9.17, 15) is 14.9 Å². The Balaban J connectivity index is 1.77. The summed E-state index contributed by atoms with van der Waals surface area (Å²) in [7, 11) is 2.06. The standard InChI is InChI=1S/C16H21N3O4/c1-17-8-9-23-16(11-17)6-3-7-18(12-16)15(20)13-4-2-5-14(10-13)19(21)22/h2,4-5,10H,3,6-9,11-12H2,1H3/t16-/m1/s1. The van der Waals surface area contributed by atoms with E-state index in [1.165, 1.54) is 12.1 Å². The van der Waals surface area contributed by atoms with E-state index in [4.69, 9.17) is 4.74 Å². The summed E-state index contributed by atoms with van der Waals surface area (Å²) < 4.78 is 6.01. The third kappa shape index (κ3) is 3.35. The van der Waals surface area contributed by atoms with Crippen LogP contribution >= 0.6 is 0 Å².